The monoisotopic (exact) mass is 392 g/mol. The van der Waals surface area contributed by atoms with Gasteiger partial charge in [0.1, 0.15) is 29.0 Å². The van der Waals surface area contributed by atoms with Gasteiger partial charge in [0.05, 0.1) is 14.2 Å². The van der Waals surface area contributed by atoms with Crippen molar-refractivity contribution >= 4 is 11.6 Å². The third kappa shape index (κ3) is 6.38. The summed E-state index contributed by atoms with van der Waals surface area (Å²) >= 11 is 0. The molecule has 0 unspecified atom stereocenters. The fourth-order valence-electron chi connectivity index (χ4n) is 3.00. The number of nitrogens with zero attached hydrogens (tertiary/aromatic N) is 2. The maximum Gasteiger partial charge on any atom is 0.131 e. The first-order valence-electron chi connectivity index (χ1n) is 9.75. The van der Waals surface area contributed by atoms with Crippen LogP contribution in [0.2, 0.25) is 0 Å². The number of hydrogen-bond acceptors (Lipinski definition) is 6. The molecule has 6 heteroatoms. The summed E-state index contributed by atoms with van der Waals surface area (Å²) in [4.78, 5) is 8.96. The molecule has 0 spiro atoms. The molecule has 2 N–H and O–H groups in total. The molecule has 0 atom stereocenters. The zero-order valence-electron chi connectivity index (χ0n) is 17.2. The van der Waals surface area contributed by atoms with E-state index in [-0.39, 0.29) is 0 Å². The van der Waals surface area contributed by atoms with Crippen molar-refractivity contribution in [2.24, 2.45) is 0 Å². The second kappa shape index (κ2) is 10.3. The topological polar surface area (TPSA) is 68.3 Å². The maximum absolute atomic E-state index is 5.19. The summed E-state index contributed by atoms with van der Waals surface area (Å²) in [6.07, 6.45) is 1.82. The van der Waals surface area contributed by atoms with Gasteiger partial charge in [-0.05, 0) is 55.2 Å². The Balaban J connectivity index is 1.49. The second-order valence-electron chi connectivity index (χ2n) is 6.74. The third-order valence-corrected chi connectivity index (χ3v) is 4.60. The van der Waals surface area contributed by atoms with Crippen molar-refractivity contribution in [3.05, 3.63) is 71.5 Å². The molecule has 0 aliphatic carbocycles. The molecular weight excluding hydrogens is 364 g/mol. The van der Waals surface area contributed by atoms with Gasteiger partial charge >= 0.3 is 0 Å². The van der Waals surface area contributed by atoms with Crippen LogP contribution >= 0.6 is 0 Å². The van der Waals surface area contributed by atoms with E-state index in [1.807, 2.05) is 37.3 Å². The van der Waals surface area contributed by atoms with Crippen LogP contribution in [0.15, 0.2) is 54.6 Å². The summed E-state index contributed by atoms with van der Waals surface area (Å²) in [5.74, 6) is 4.15. The highest BCUT2D eigenvalue weighted by molar-refractivity contribution is 5.47. The molecule has 6 nitrogen and oxygen atoms in total. The fraction of sp³-hybridized carbons (Fsp3) is 0.304. The molecule has 0 saturated carbocycles. The van der Waals surface area contributed by atoms with Gasteiger partial charge in [-0.1, -0.05) is 24.3 Å². The summed E-state index contributed by atoms with van der Waals surface area (Å²) in [5.41, 5.74) is 2.50. The molecule has 0 radical (unpaired) electrons. The SMILES string of the molecule is COc1ccc(CCNc2cc(NCCc3ccc(OC)cc3)nc(C)n2)cc1. The van der Waals surface area contributed by atoms with Gasteiger partial charge in [-0.25, -0.2) is 9.97 Å². The molecule has 152 valence electrons. The Morgan fingerprint density at radius 3 is 1.48 bits per heavy atom. The minimum absolute atomic E-state index is 0.742. The van der Waals surface area contributed by atoms with E-state index in [2.05, 4.69) is 44.9 Å². The van der Waals surface area contributed by atoms with Gasteiger partial charge in [0, 0.05) is 19.2 Å². The molecule has 3 aromatic rings. The van der Waals surface area contributed by atoms with Gasteiger partial charge in [0.15, 0.2) is 0 Å². The van der Waals surface area contributed by atoms with Crippen molar-refractivity contribution in [3.8, 4) is 11.5 Å². The lowest BCUT2D eigenvalue weighted by Crippen LogP contribution is -2.11. The van der Waals surface area contributed by atoms with Crippen LogP contribution in [0, 0.1) is 6.92 Å². The van der Waals surface area contributed by atoms with Crippen LogP contribution in [-0.4, -0.2) is 37.3 Å². The van der Waals surface area contributed by atoms with Crippen molar-refractivity contribution < 1.29 is 9.47 Å². The highest BCUT2D eigenvalue weighted by atomic mass is 16.5. The summed E-state index contributed by atoms with van der Waals surface area (Å²) < 4.78 is 10.4. The Morgan fingerprint density at radius 2 is 1.10 bits per heavy atom. The molecule has 0 aliphatic rings. The molecule has 0 saturated heterocycles. The number of ether oxygens (including phenoxy) is 2. The first-order valence-corrected chi connectivity index (χ1v) is 9.75. The Kier molecular flexibility index (Phi) is 7.28. The standard InChI is InChI=1S/C23H28N4O2/c1-17-26-22(24-14-12-18-4-8-20(28-2)9-5-18)16-23(27-17)25-15-13-19-6-10-21(29-3)11-7-19/h4-11,16H,12-15H2,1-3H3,(H2,24,25,26,27). The van der Waals surface area contributed by atoms with Gasteiger partial charge in [0.2, 0.25) is 0 Å². The Hall–Kier alpha value is -3.28. The number of aryl methyl sites for hydroxylation is 1. The van der Waals surface area contributed by atoms with Crippen molar-refractivity contribution in [3.63, 3.8) is 0 Å². The Labute approximate surface area is 172 Å². The number of aromatic nitrogens is 2. The lowest BCUT2D eigenvalue weighted by Gasteiger charge is -2.11. The number of anilines is 2. The molecule has 0 amide bonds. The van der Waals surface area contributed by atoms with E-state index in [1.54, 1.807) is 14.2 Å². The van der Waals surface area contributed by atoms with Crippen LogP contribution < -0.4 is 20.1 Å². The average molecular weight is 393 g/mol. The van der Waals surface area contributed by atoms with Crippen molar-refractivity contribution in [2.45, 2.75) is 19.8 Å². The van der Waals surface area contributed by atoms with Gasteiger partial charge in [-0.15, -0.1) is 0 Å². The van der Waals surface area contributed by atoms with Crippen molar-refractivity contribution in [2.75, 3.05) is 37.9 Å². The molecule has 0 bridgehead atoms. The summed E-state index contributed by atoms with van der Waals surface area (Å²) in [7, 11) is 3.35. The molecule has 1 heterocycles. The maximum atomic E-state index is 5.19. The van der Waals surface area contributed by atoms with Crippen LogP contribution in [-0.2, 0) is 12.8 Å². The summed E-state index contributed by atoms with van der Waals surface area (Å²) in [6, 6.07) is 18.2. The smallest absolute Gasteiger partial charge is 0.131 e. The predicted molar refractivity (Wildman–Crippen MR) is 117 cm³/mol. The molecular formula is C23H28N4O2. The van der Waals surface area contributed by atoms with E-state index in [4.69, 9.17) is 9.47 Å². The lowest BCUT2D eigenvalue weighted by molar-refractivity contribution is 0.414. The predicted octanol–water partition coefficient (Wildman–Crippen LogP) is 4.11. The largest absolute Gasteiger partial charge is 0.497 e. The zero-order chi connectivity index (χ0) is 20.5. The van der Waals surface area contributed by atoms with Crippen LogP contribution in [0.4, 0.5) is 11.6 Å². The Morgan fingerprint density at radius 1 is 0.690 bits per heavy atom. The summed E-state index contributed by atoms with van der Waals surface area (Å²) in [6.45, 7) is 3.51. The normalized spacial score (nSPS) is 10.4. The highest BCUT2D eigenvalue weighted by Crippen LogP contribution is 2.15. The number of methoxy groups -OCH3 is 2. The van der Waals surface area contributed by atoms with E-state index in [9.17, 15) is 0 Å². The Bertz CT molecular complexity index is 824. The fourth-order valence-corrected chi connectivity index (χ4v) is 3.00. The highest BCUT2D eigenvalue weighted by Gasteiger charge is 2.03. The number of hydrogen-bond donors (Lipinski definition) is 2. The van der Waals surface area contributed by atoms with Crippen molar-refractivity contribution in [1.82, 2.24) is 9.97 Å². The minimum atomic E-state index is 0.742. The van der Waals surface area contributed by atoms with Gasteiger partial charge in [0.25, 0.3) is 0 Å². The van der Waals surface area contributed by atoms with Crippen LogP contribution in [0.3, 0.4) is 0 Å². The van der Waals surface area contributed by atoms with E-state index in [0.717, 1.165) is 54.9 Å². The van der Waals surface area contributed by atoms with Crippen LogP contribution in [0.1, 0.15) is 17.0 Å². The first-order chi connectivity index (χ1) is 14.2. The van der Waals surface area contributed by atoms with Crippen molar-refractivity contribution in [1.29, 1.82) is 0 Å². The summed E-state index contributed by atoms with van der Waals surface area (Å²) in [5, 5.41) is 6.77. The van der Waals surface area contributed by atoms with E-state index in [1.165, 1.54) is 11.1 Å². The zero-order valence-corrected chi connectivity index (χ0v) is 17.2. The van der Waals surface area contributed by atoms with Gasteiger partial charge in [-0.3, -0.25) is 0 Å². The number of benzene rings is 2. The molecule has 0 fully saturated rings. The molecule has 0 aliphatic heterocycles. The van der Waals surface area contributed by atoms with Crippen LogP contribution in [0.25, 0.3) is 0 Å². The second-order valence-corrected chi connectivity index (χ2v) is 6.74. The third-order valence-electron chi connectivity index (χ3n) is 4.60. The first kappa shape index (κ1) is 20.5. The van der Waals surface area contributed by atoms with E-state index < -0.39 is 0 Å². The van der Waals surface area contributed by atoms with E-state index >= 15 is 0 Å². The molecule has 29 heavy (non-hydrogen) atoms. The molecule has 2 aromatic carbocycles. The minimum Gasteiger partial charge on any atom is -0.497 e. The molecule has 3 rings (SSSR count). The number of rotatable bonds is 10. The van der Waals surface area contributed by atoms with Gasteiger partial charge in [-0.2, -0.15) is 0 Å². The average Bonchev–Trinajstić information content (AvgIpc) is 2.74. The quantitative estimate of drug-likeness (QED) is 0.541. The van der Waals surface area contributed by atoms with E-state index in [0.29, 0.717) is 0 Å². The van der Waals surface area contributed by atoms with Gasteiger partial charge < -0.3 is 20.1 Å². The number of nitrogens with one attached hydrogen (secondary N) is 2. The van der Waals surface area contributed by atoms with Crippen LogP contribution in [0.5, 0.6) is 11.5 Å². The molecule has 1 aromatic heterocycles. The lowest BCUT2D eigenvalue weighted by atomic mass is 10.1.